The molecule has 0 fully saturated rings. The highest BCUT2D eigenvalue weighted by atomic mass is 35.7. The lowest BCUT2D eigenvalue weighted by Gasteiger charge is -2.33. The van der Waals surface area contributed by atoms with E-state index in [0.717, 1.165) is 21.3 Å². The zero-order chi connectivity index (χ0) is 25.1. The Labute approximate surface area is 211 Å². The molecule has 1 aliphatic heterocycles. The Morgan fingerprint density at radius 1 is 0.576 bits per heavy atom. The Balaban J connectivity index is 2.36. The second-order valence-electron chi connectivity index (χ2n) is 13.2. The monoisotopic (exact) mass is 506 g/mol. The third-order valence-corrected chi connectivity index (χ3v) is 8.12. The van der Waals surface area contributed by atoms with Crippen molar-refractivity contribution in [2.45, 2.75) is 115 Å². The van der Waals surface area contributed by atoms with E-state index in [0.29, 0.717) is 0 Å². The van der Waals surface area contributed by atoms with E-state index in [1.54, 1.807) is 11.8 Å². The zero-order valence-electron chi connectivity index (χ0n) is 22.4. The second-order valence-corrected chi connectivity index (χ2v) is 15.9. The fourth-order valence-electron chi connectivity index (χ4n) is 3.81. The maximum absolute atomic E-state index is 6.76. The lowest BCUT2D eigenvalue weighted by molar-refractivity contribution is 0.455. The van der Waals surface area contributed by atoms with Gasteiger partial charge in [-0.2, -0.15) is 0 Å². The van der Waals surface area contributed by atoms with Crippen molar-refractivity contribution >= 4 is 30.7 Å². The van der Waals surface area contributed by atoms with Gasteiger partial charge in [0.2, 0.25) is 0 Å². The van der Waals surface area contributed by atoms with Crippen LogP contribution in [0.5, 0.6) is 11.5 Å². The summed E-state index contributed by atoms with van der Waals surface area (Å²) in [6, 6.07) is 9.14. The fourth-order valence-corrected chi connectivity index (χ4v) is 6.16. The minimum absolute atomic E-state index is 0.0206. The molecule has 0 atom stereocenters. The van der Waals surface area contributed by atoms with Crippen LogP contribution in [0.15, 0.2) is 34.1 Å². The standard InChI is InChI=1S/C28H40ClO2PS/c1-25(2,3)17-13-19(27(7,8)9)23-21(15-17)33-22-16-18(26(4,5)6)14-20(28(10,11)12)24(22)31-32(29)30-23/h13-16H,1-12H3. The predicted octanol–water partition coefficient (Wildman–Crippen LogP) is 10.3. The van der Waals surface area contributed by atoms with Crippen LogP contribution in [-0.4, -0.2) is 0 Å². The second kappa shape index (κ2) is 8.65. The van der Waals surface area contributed by atoms with Crippen LogP contribution in [0.25, 0.3) is 0 Å². The van der Waals surface area contributed by atoms with Crippen molar-refractivity contribution in [2.75, 3.05) is 0 Å². The first kappa shape index (κ1) is 26.7. The average molecular weight is 507 g/mol. The summed E-state index contributed by atoms with van der Waals surface area (Å²) >= 11 is 8.51. The summed E-state index contributed by atoms with van der Waals surface area (Å²) in [6.45, 7) is 26.9. The van der Waals surface area contributed by atoms with Crippen LogP contribution in [0.1, 0.15) is 105 Å². The van der Waals surface area contributed by atoms with Crippen molar-refractivity contribution < 1.29 is 9.05 Å². The normalized spacial score (nSPS) is 15.7. The highest BCUT2D eigenvalue weighted by Crippen LogP contribution is 2.58. The van der Waals surface area contributed by atoms with Crippen LogP contribution in [0.4, 0.5) is 0 Å². The van der Waals surface area contributed by atoms with Crippen molar-refractivity contribution in [3.05, 3.63) is 46.5 Å². The fraction of sp³-hybridized carbons (Fsp3) is 0.571. The molecule has 0 aromatic heterocycles. The van der Waals surface area contributed by atoms with E-state index in [1.165, 1.54) is 22.3 Å². The summed E-state index contributed by atoms with van der Waals surface area (Å²) in [5, 5.41) is 0. The number of hydrogen-bond donors (Lipinski definition) is 0. The molecule has 0 radical (unpaired) electrons. The number of benzene rings is 2. The lowest BCUT2D eigenvalue weighted by Crippen LogP contribution is -2.20. The Morgan fingerprint density at radius 2 is 0.909 bits per heavy atom. The van der Waals surface area contributed by atoms with Crippen LogP contribution in [0.2, 0.25) is 0 Å². The van der Waals surface area contributed by atoms with Gasteiger partial charge in [-0.05, 0) is 56.2 Å². The smallest absolute Gasteiger partial charge is 0.401 e. The molecule has 1 heterocycles. The van der Waals surface area contributed by atoms with Gasteiger partial charge >= 0.3 is 7.73 Å². The predicted molar refractivity (Wildman–Crippen MR) is 146 cm³/mol. The summed E-state index contributed by atoms with van der Waals surface area (Å²) in [5.41, 5.74) is 4.79. The summed E-state index contributed by atoms with van der Waals surface area (Å²) in [7, 11) is -1.65. The lowest BCUT2D eigenvalue weighted by atomic mass is 9.80. The SMILES string of the molecule is CC(C)(C)c1cc2c(c(C(C)(C)C)c1)OP(Cl)Oc1c(cc(C(C)(C)C)cc1C(C)(C)C)S2. The van der Waals surface area contributed by atoms with Crippen LogP contribution >= 0.6 is 30.7 Å². The van der Waals surface area contributed by atoms with Gasteiger partial charge < -0.3 is 9.05 Å². The van der Waals surface area contributed by atoms with Gasteiger partial charge in [-0.25, -0.2) is 0 Å². The van der Waals surface area contributed by atoms with Gasteiger partial charge in [-0.1, -0.05) is 107 Å². The van der Waals surface area contributed by atoms with Gasteiger partial charge in [0.1, 0.15) is 11.5 Å². The van der Waals surface area contributed by atoms with Crippen LogP contribution in [0, 0.1) is 0 Å². The minimum Gasteiger partial charge on any atom is -0.426 e. The number of rotatable bonds is 0. The molecule has 1 aliphatic rings. The first-order valence-corrected chi connectivity index (χ1v) is 14.6. The third kappa shape index (κ3) is 5.85. The molecule has 2 nitrogen and oxygen atoms in total. The Kier molecular flexibility index (Phi) is 7.00. The summed E-state index contributed by atoms with van der Waals surface area (Å²) in [5.74, 6) is 1.71. The third-order valence-electron chi connectivity index (χ3n) is 6.00. The molecule has 5 heteroatoms. The van der Waals surface area contributed by atoms with Crippen molar-refractivity contribution in [2.24, 2.45) is 0 Å². The van der Waals surface area contributed by atoms with E-state index in [-0.39, 0.29) is 21.7 Å². The van der Waals surface area contributed by atoms with Crippen molar-refractivity contribution in [1.29, 1.82) is 0 Å². The molecule has 0 unspecified atom stereocenters. The Bertz CT molecular complexity index is 967. The molecule has 0 amide bonds. The maximum Gasteiger partial charge on any atom is 0.401 e. The topological polar surface area (TPSA) is 18.5 Å². The average Bonchev–Trinajstić information content (AvgIpc) is 2.58. The van der Waals surface area contributed by atoms with E-state index in [4.69, 9.17) is 20.3 Å². The first-order valence-electron chi connectivity index (χ1n) is 11.7. The van der Waals surface area contributed by atoms with Crippen molar-refractivity contribution in [3.8, 4) is 11.5 Å². The molecule has 182 valence electrons. The van der Waals surface area contributed by atoms with Gasteiger partial charge in [0.15, 0.2) is 0 Å². The molecule has 2 aromatic carbocycles. The highest BCUT2D eigenvalue weighted by molar-refractivity contribution is 7.99. The van der Waals surface area contributed by atoms with Crippen LogP contribution < -0.4 is 9.05 Å². The number of halogens is 1. The summed E-state index contributed by atoms with van der Waals surface area (Å²) in [4.78, 5) is 2.21. The minimum atomic E-state index is -1.65. The zero-order valence-corrected chi connectivity index (χ0v) is 24.8. The summed E-state index contributed by atoms with van der Waals surface area (Å²) in [6.07, 6.45) is 0. The van der Waals surface area contributed by atoms with E-state index in [2.05, 4.69) is 107 Å². The number of hydrogen-bond acceptors (Lipinski definition) is 3. The van der Waals surface area contributed by atoms with Crippen LogP contribution in [0.3, 0.4) is 0 Å². The van der Waals surface area contributed by atoms with Crippen molar-refractivity contribution in [3.63, 3.8) is 0 Å². The maximum atomic E-state index is 6.76. The molecule has 33 heavy (non-hydrogen) atoms. The van der Waals surface area contributed by atoms with Gasteiger partial charge in [-0.3, -0.25) is 0 Å². The molecular formula is C28H40ClO2PS. The van der Waals surface area contributed by atoms with E-state index >= 15 is 0 Å². The molecule has 0 saturated heterocycles. The molecule has 0 bridgehead atoms. The molecular weight excluding hydrogens is 467 g/mol. The van der Waals surface area contributed by atoms with Gasteiger partial charge in [0, 0.05) is 11.1 Å². The van der Waals surface area contributed by atoms with E-state index in [1.807, 2.05) is 0 Å². The molecule has 0 saturated carbocycles. The van der Waals surface area contributed by atoms with Gasteiger partial charge in [0.25, 0.3) is 0 Å². The highest BCUT2D eigenvalue weighted by Gasteiger charge is 2.34. The molecule has 0 spiro atoms. The number of fused-ring (bicyclic) bond motifs is 2. The van der Waals surface area contributed by atoms with Gasteiger partial charge in [0.05, 0.1) is 9.79 Å². The molecule has 3 rings (SSSR count). The van der Waals surface area contributed by atoms with Crippen LogP contribution in [-0.2, 0) is 21.7 Å². The van der Waals surface area contributed by atoms with Gasteiger partial charge in [-0.15, -0.1) is 0 Å². The molecule has 0 N–H and O–H groups in total. The van der Waals surface area contributed by atoms with E-state index in [9.17, 15) is 0 Å². The molecule has 2 aromatic rings. The summed E-state index contributed by atoms with van der Waals surface area (Å²) < 4.78 is 12.7. The Hall–Kier alpha value is -0.890. The largest absolute Gasteiger partial charge is 0.426 e. The molecule has 0 aliphatic carbocycles. The Morgan fingerprint density at radius 3 is 1.18 bits per heavy atom. The van der Waals surface area contributed by atoms with E-state index < -0.39 is 7.73 Å². The quantitative estimate of drug-likeness (QED) is 0.331. The van der Waals surface area contributed by atoms with Crippen molar-refractivity contribution in [1.82, 2.24) is 0 Å². The first-order chi connectivity index (χ1) is 14.8.